The van der Waals surface area contributed by atoms with Crippen molar-refractivity contribution in [2.75, 3.05) is 24.5 Å². The van der Waals surface area contributed by atoms with Gasteiger partial charge in [0.15, 0.2) is 0 Å². The molecule has 2 aromatic carbocycles. The Morgan fingerprint density at radius 1 is 1.05 bits per heavy atom. The van der Waals surface area contributed by atoms with Gasteiger partial charge in [-0.05, 0) is 90.0 Å². The Hall–Kier alpha value is -3.12. The molecule has 0 bridgehead atoms. The molecule has 43 heavy (non-hydrogen) atoms. The number of rotatable bonds is 8. The highest BCUT2D eigenvalue weighted by Gasteiger charge is 2.36. The van der Waals surface area contributed by atoms with E-state index >= 15 is 0 Å². The van der Waals surface area contributed by atoms with Gasteiger partial charge in [0.05, 0.1) is 17.2 Å². The predicted octanol–water partition coefficient (Wildman–Crippen LogP) is 5.43. The first kappa shape index (κ1) is 31.3. The molecule has 1 atom stereocenters. The molecule has 2 aliphatic rings. The Morgan fingerprint density at radius 2 is 1.77 bits per heavy atom. The molecule has 2 aliphatic heterocycles. The van der Waals surface area contributed by atoms with Crippen LogP contribution in [0, 0.1) is 17.2 Å². The number of hydrogen-bond acceptors (Lipinski definition) is 5. The van der Waals surface area contributed by atoms with E-state index < -0.39 is 11.5 Å². The van der Waals surface area contributed by atoms with E-state index in [2.05, 4.69) is 47.5 Å². The lowest BCUT2D eigenvalue weighted by atomic mass is 9.83. The summed E-state index contributed by atoms with van der Waals surface area (Å²) < 4.78 is 16.9. The topological polar surface area (TPSA) is 100 Å². The Bertz CT molecular complexity index is 1490. The summed E-state index contributed by atoms with van der Waals surface area (Å²) in [6, 6.07) is 12.2. The van der Waals surface area contributed by atoms with Crippen LogP contribution in [0.3, 0.4) is 0 Å². The van der Waals surface area contributed by atoms with Gasteiger partial charge >= 0.3 is 0 Å². The third-order valence-corrected chi connectivity index (χ3v) is 9.40. The van der Waals surface area contributed by atoms with Gasteiger partial charge in [-0.25, -0.2) is 9.07 Å². The number of nitrogens with zero attached hydrogens (tertiary/aromatic N) is 5. The smallest absolute Gasteiger partial charge is 0.251 e. The first-order chi connectivity index (χ1) is 20.5. The number of anilines is 1. The molecule has 3 heterocycles. The van der Waals surface area contributed by atoms with Gasteiger partial charge in [-0.15, -0.1) is 5.10 Å². The molecule has 0 saturated carbocycles. The monoisotopic (exact) mass is 716 g/mol. The molecule has 228 valence electrons. The molecule has 12 heteroatoms. The number of carbonyl (C=O) groups is 3. The summed E-state index contributed by atoms with van der Waals surface area (Å²) in [7, 11) is 0. The van der Waals surface area contributed by atoms with E-state index in [1.807, 2.05) is 49.1 Å². The van der Waals surface area contributed by atoms with E-state index in [1.165, 1.54) is 6.07 Å². The standard InChI is InChI=1S/C31H35Br2FN6O3/c1-31(2,17-20-5-10-25(33)26(34)16-20)30(43)38-14-11-21(12-15-38)28(41)35-18-23-19-40(37-36-23)27-4-3-13-39(29(27)42)24-8-6-22(32)7-9-24/h5-10,16,19,21,27H,3-4,11-15,17-18H2,1-2H3,(H,35,41). The second kappa shape index (κ2) is 13.3. The third-order valence-electron chi connectivity index (χ3n) is 8.23. The Balaban J connectivity index is 1.10. The second-order valence-electron chi connectivity index (χ2n) is 11.9. The van der Waals surface area contributed by atoms with Crippen LogP contribution < -0.4 is 10.2 Å². The lowest BCUT2D eigenvalue weighted by Gasteiger charge is -2.36. The highest BCUT2D eigenvalue weighted by Crippen LogP contribution is 2.30. The number of piperidine rings is 2. The molecule has 3 amide bonds. The van der Waals surface area contributed by atoms with Crippen molar-refractivity contribution in [2.45, 2.75) is 58.5 Å². The van der Waals surface area contributed by atoms with E-state index in [-0.39, 0.29) is 36.0 Å². The van der Waals surface area contributed by atoms with Gasteiger partial charge < -0.3 is 15.1 Å². The van der Waals surface area contributed by atoms with Crippen LogP contribution in [0.5, 0.6) is 0 Å². The van der Waals surface area contributed by atoms with Crippen LogP contribution in [0.1, 0.15) is 56.8 Å². The van der Waals surface area contributed by atoms with Gasteiger partial charge in [0.25, 0.3) is 5.91 Å². The van der Waals surface area contributed by atoms with Gasteiger partial charge in [-0.1, -0.05) is 41.1 Å². The van der Waals surface area contributed by atoms with Crippen LogP contribution in [-0.4, -0.2) is 57.2 Å². The number of likely N-dealkylation sites (tertiary alicyclic amines) is 1. The zero-order valence-electron chi connectivity index (χ0n) is 24.2. The van der Waals surface area contributed by atoms with Crippen molar-refractivity contribution in [1.82, 2.24) is 25.2 Å². The third kappa shape index (κ3) is 7.34. The SMILES string of the molecule is CC(C)(Cc1ccc(Br)c(F)c1)C(=O)N1CCC(C(=O)NCc2cn(C3CCCN(c4ccc(Br)cc4)C3=O)nn2)CC1. The lowest BCUT2D eigenvalue weighted by molar-refractivity contribution is -0.143. The van der Waals surface area contributed by atoms with Crippen LogP contribution in [-0.2, 0) is 27.3 Å². The molecule has 3 aromatic rings. The van der Waals surface area contributed by atoms with Gasteiger partial charge in [0.1, 0.15) is 17.6 Å². The summed E-state index contributed by atoms with van der Waals surface area (Å²) in [5, 5.41) is 11.4. The first-order valence-corrected chi connectivity index (χ1v) is 16.1. The largest absolute Gasteiger partial charge is 0.350 e. The number of carbonyl (C=O) groups excluding carboxylic acids is 3. The number of halogens is 3. The van der Waals surface area contributed by atoms with Crippen molar-refractivity contribution >= 4 is 55.3 Å². The first-order valence-electron chi connectivity index (χ1n) is 14.5. The number of benzene rings is 2. The molecule has 1 aromatic heterocycles. The number of nitrogens with one attached hydrogen (secondary N) is 1. The van der Waals surface area contributed by atoms with Crippen LogP contribution in [0.2, 0.25) is 0 Å². The molecule has 0 aliphatic carbocycles. The summed E-state index contributed by atoms with van der Waals surface area (Å²) in [6.07, 6.45) is 4.81. The lowest BCUT2D eigenvalue weighted by Crippen LogP contribution is -2.48. The van der Waals surface area contributed by atoms with E-state index in [1.54, 1.807) is 21.8 Å². The Morgan fingerprint density at radius 3 is 2.47 bits per heavy atom. The van der Waals surface area contributed by atoms with E-state index in [9.17, 15) is 18.8 Å². The van der Waals surface area contributed by atoms with E-state index in [0.29, 0.717) is 55.5 Å². The maximum atomic E-state index is 14.0. The summed E-state index contributed by atoms with van der Waals surface area (Å²) in [4.78, 5) is 43.1. The van der Waals surface area contributed by atoms with Crippen LogP contribution in [0.25, 0.3) is 0 Å². The predicted molar refractivity (Wildman–Crippen MR) is 168 cm³/mol. The summed E-state index contributed by atoms with van der Waals surface area (Å²) >= 11 is 6.60. The van der Waals surface area contributed by atoms with Gasteiger partial charge in [0, 0.05) is 41.1 Å². The minimum Gasteiger partial charge on any atom is -0.350 e. The molecule has 2 saturated heterocycles. The van der Waals surface area contributed by atoms with Gasteiger partial charge in [0.2, 0.25) is 11.8 Å². The molecule has 2 fully saturated rings. The maximum absolute atomic E-state index is 14.0. The van der Waals surface area contributed by atoms with Crippen LogP contribution >= 0.6 is 31.9 Å². The van der Waals surface area contributed by atoms with Crippen molar-refractivity contribution in [3.63, 3.8) is 0 Å². The molecule has 5 rings (SSSR count). The summed E-state index contributed by atoms with van der Waals surface area (Å²) in [5.74, 6) is -0.658. The average Bonchev–Trinajstić information content (AvgIpc) is 3.47. The second-order valence-corrected chi connectivity index (χ2v) is 13.7. The minimum atomic E-state index is -0.698. The molecule has 0 spiro atoms. The molecule has 1 N–H and O–H groups in total. The molecule has 0 radical (unpaired) electrons. The van der Waals surface area contributed by atoms with Crippen molar-refractivity contribution < 1.29 is 18.8 Å². The van der Waals surface area contributed by atoms with Crippen molar-refractivity contribution in [2.24, 2.45) is 11.3 Å². The average molecular weight is 718 g/mol. The van der Waals surface area contributed by atoms with Crippen LogP contribution in [0.15, 0.2) is 57.6 Å². The van der Waals surface area contributed by atoms with Crippen LogP contribution in [0.4, 0.5) is 10.1 Å². The summed E-state index contributed by atoms with van der Waals surface area (Å²) in [5.41, 5.74) is 1.50. The molecular weight excluding hydrogens is 683 g/mol. The van der Waals surface area contributed by atoms with Gasteiger partial charge in [-0.3, -0.25) is 14.4 Å². The molecular formula is C31H35Br2FN6O3. The molecule has 1 unspecified atom stereocenters. The van der Waals surface area contributed by atoms with Crippen molar-refractivity contribution in [3.05, 3.63) is 74.7 Å². The zero-order chi connectivity index (χ0) is 30.7. The Labute approximate surface area is 267 Å². The van der Waals surface area contributed by atoms with Crippen molar-refractivity contribution in [1.29, 1.82) is 0 Å². The van der Waals surface area contributed by atoms with Gasteiger partial charge in [-0.2, -0.15) is 0 Å². The quantitative estimate of drug-likeness (QED) is 0.335. The number of amides is 3. The zero-order valence-corrected chi connectivity index (χ0v) is 27.4. The maximum Gasteiger partial charge on any atom is 0.251 e. The van der Waals surface area contributed by atoms with Crippen molar-refractivity contribution in [3.8, 4) is 0 Å². The van der Waals surface area contributed by atoms with E-state index in [0.717, 1.165) is 22.1 Å². The fourth-order valence-electron chi connectivity index (χ4n) is 5.86. The van der Waals surface area contributed by atoms with E-state index in [4.69, 9.17) is 0 Å². The highest BCUT2D eigenvalue weighted by atomic mass is 79.9. The number of hydrogen-bond donors (Lipinski definition) is 1. The molecule has 9 nitrogen and oxygen atoms in total. The summed E-state index contributed by atoms with van der Waals surface area (Å²) in [6.45, 7) is 5.60. The highest BCUT2D eigenvalue weighted by molar-refractivity contribution is 9.10. The fourth-order valence-corrected chi connectivity index (χ4v) is 6.37. The fraction of sp³-hybridized carbons (Fsp3) is 0.452. The number of aromatic nitrogens is 3. The Kier molecular flexibility index (Phi) is 9.65. The minimum absolute atomic E-state index is 0.00209. The normalized spacial score (nSPS) is 18.2.